The monoisotopic (exact) mass is 382 g/mol. The maximum absolute atomic E-state index is 12.0. The van der Waals surface area contributed by atoms with Crippen molar-refractivity contribution in [1.29, 1.82) is 0 Å². The first-order valence-corrected chi connectivity index (χ1v) is 12.4. The number of hydrogen-bond acceptors (Lipinski definition) is 2. The summed E-state index contributed by atoms with van der Waals surface area (Å²) in [7, 11) is 0. The lowest BCUT2D eigenvalue weighted by Gasteiger charge is -2.16. The fraction of sp³-hybridized carbons (Fsp3) is 0.960. The van der Waals surface area contributed by atoms with Gasteiger partial charge in [0.25, 0.3) is 0 Å². The predicted octanol–water partition coefficient (Wildman–Crippen LogP) is 8.76. The molecule has 0 aliphatic carbocycles. The zero-order valence-corrected chi connectivity index (χ0v) is 19.0. The molecule has 2 heteroatoms. The summed E-state index contributed by atoms with van der Waals surface area (Å²) in [5.41, 5.74) is 0. The van der Waals surface area contributed by atoms with Gasteiger partial charge in [0, 0.05) is 6.42 Å². The van der Waals surface area contributed by atoms with E-state index >= 15 is 0 Å². The molecule has 0 fully saturated rings. The minimum absolute atomic E-state index is 0.0282. The summed E-state index contributed by atoms with van der Waals surface area (Å²) in [6, 6.07) is 0. The third-order valence-electron chi connectivity index (χ3n) is 5.62. The molecule has 27 heavy (non-hydrogen) atoms. The summed E-state index contributed by atoms with van der Waals surface area (Å²) in [5.74, 6) is 0.0282. The van der Waals surface area contributed by atoms with Gasteiger partial charge in [0.05, 0.1) is 0 Å². The second-order valence-electron chi connectivity index (χ2n) is 8.36. The van der Waals surface area contributed by atoms with Crippen LogP contribution in [0.15, 0.2) is 0 Å². The van der Waals surface area contributed by atoms with Gasteiger partial charge in [-0.05, 0) is 25.7 Å². The SMILES string of the molecule is CCCCCCCCCCCCCCCC(=O)O[C@@H](CC)CCCCCC. The van der Waals surface area contributed by atoms with Crippen molar-refractivity contribution in [2.45, 2.75) is 155 Å². The van der Waals surface area contributed by atoms with Crippen molar-refractivity contribution in [3.63, 3.8) is 0 Å². The molecule has 0 saturated carbocycles. The van der Waals surface area contributed by atoms with Crippen molar-refractivity contribution < 1.29 is 9.53 Å². The van der Waals surface area contributed by atoms with E-state index in [1.165, 1.54) is 103 Å². The Kier molecular flexibility index (Phi) is 21.3. The number of ether oxygens (including phenoxy) is 1. The van der Waals surface area contributed by atoms with Crippen molar-refractivity contribution >= 4 is 5.97 Å². The molecule has 0 radical (unpaired) electrons. The highest BCUT2D eigenvalue weighted by Crippen LogP contribution is 2.15. The van der Waals surface area contributed by atoms with Gasteiger partial charge >= 0.3 is 5.97 Å². The maximum atomic E-state index is 12.0. The number of rotatable bonds is 21. The van der Waals surface area contributed by atoms with E-state index in [-0.39, 0.29) is 12.1 Å². The molecule has 1 atom stereocenters. The highest BCUT2D eigenvalue weighted by atomic mass is 16.5. The van der Waals surface area contributed by atoms with Crippen molar-refractivity contribution in [3.8, 4) is 0 Å². The lowest BCUT2D eigenvalue weighted by molar-refractivity contribution is -0.149. The normalized spacial score (nSPS) is 12.3. The van der Waals surface area contributed by atoms with Gasteiger partial charge in [-0.15, -0.1) is 0 Å². The average Bonchev–Trinajstić information content (AvgIpc) is 2.67. The van der Waals surface area contributed by atoms with E-state index in [0.29, 0.717) is 6.42 Å². The molecule has 0 amide bonds. The lowest BCUT2D eigenvalue weighted by Crippen LogP contribution is -2.17. The Bertz CT molecular complexity index is 301. The summed E-state index contributed by atoms with van der Waals surface area (Å²) in [4.78, 5) is 12.0. The van der Waals surface area contributed by atoms with Gasteiger partial charge in [-0.2, -0.15) is 0 Å². The zero-order chi connectivity index (χ0) is 20.0. The van der Waals surface area contributed by atoms with Crippen LogP contribution in [0.1, 0.15) is 149 Å². The Morgan fingerprint density at radius 1 is 0.593 bits per heavy atom. The Morgan fingerprint density at radius 3 is 1.44 bits per heavy atom. The Labute approximate surface area is 171 Å². The molecule has 0 aliphatic rings. The van der Waals surface area contributed by atoms with Gasteiger partial charge in [-0.25, -0.2) is 0 Å². The van der Waals surface area contributed by atoms with Crippen molar-refractivity contribution in [1.82, 2.24) is 0 Å². The van der Waals surface area contributed by atoms with Gasteiger partial charge in [-0.1, -0.05) is 117 Å². The average molecular weight is 383 g/mol. The molecule has 0 N–H and O–H groups in total. The molecule has 0 saturated heterocycles. The second-order valence-corrected chi connectivity index (χ2v) is 8.36. The fourth-order valence-corrected chi connectivity index (χ4v) is 3.68. The molecule has 0 heterocycles. The van der Waals surface area contributed by atoms with E-state index < -0.39 is 0 Å². The van der Waals surface area contributed by atoms with E-state index in [0.717, 1.165) is 19.3 Å². The standard InChI is InChI=1S/C25H50O2/c1-4-7-9-11-12-13-14-15-16-17-18-19-21-23-25(26)27-24(6-3)22-20-10-8-5-2/h24H,4-23H2,1-3H3/t24-/m0/s1. The number of esters is 1. The third-order valence-corrected chi connectivity index (χ3v) is 5.62. The van der Waals surface area contributed by atoms with Crippen LogP contribution in [0.2, 0.25) is 0 Å². The first-order chi connectivity index (χ1) is 13.2. The summed E-state index contributed by atoms with van der Waals surface area (Å²) in [5, 5.41) is 0. The van der Waals surface area contributed by atoms with E-state index in [1.54, 1.807) is 0 Å². The van der Waals surface area contributed by atoms with Crippen LogP contribution in [0.3, 0.4) is 0 Å². The quantitative estimate of drug-likeness (QED) is 0.146. The minimum Gasteiger partial charge on any atom is -0.462 e. The second kappa shape index (κ2) is 21.8. The van der Waals surface area contributed by atoms with Gasteiger partial charge in [0.2, 0.25) is 0 Å². The van der Waals surface area contributed by atoms with Crippen LogP contribution >= 0.6 is 0 Å². The summed E-state index contributed by atoms with van der Waals surface area (Å²) < 4.78 is 5.65. The number of hydrogen-bond donors (Lipinski definition) is 0. The van der Waals surface area contributed by atoms with Crippen molar-refractivity contribution in [3.05, 3.63) is 0 Å². The van der Waals surface area contributed by atoms with E-state index in [9.17, 15) is 4.79 Å². The summed E-state index contributed by atoms with van der Waals surface area (Å²) in [6.45, 7) is 6.64. The van der Waals surface area contributed by atoms with Gasteiger partial charge in [0.15, 0.2) is 0 Å². The fourth-order valence-electron chi connectivity index (χ4n) is 3.68. The Morgan fingerprint density at radius 2 is 1.00 bits per heavy atom. The van der Waals surface area contributed by atoms with Gasteiger partial charge < -0.3 is 4.74 Å². The van der Waals surface area contributed by atoms with Crippen LogP contribution in [0, 0.1) is 0 Å². The topological polar surface area (TPSA) is 26.3 Å². The zero-order valence-electron chi connectivity index (χ0n) is 19.0. The molecule has 0 unspecified atom stereocenters. The highest BCUT2D eigenvalue weighted by Gasteiger charge is 2.11. The first kappa shape index (κ1) is 26.5. The van der Waals surface area contributed by atoms with Crippen molar-refractivity contribution in [2.24, 2.45) is 0 Å². The Balaban J connectivity index is 3.37. The predicted molar refractivity (Wildman–Crippen MR) is 119 cm³/mol. The number of carbonyl (C=O) groups excluding carboxylic acids is 1. The molecule has 162 valence electrons. The minimum atomic E-state index is 0.0282. The van der Waals surface area contributed by atoms with E-state index in [4.69, 9.17) is 4.74 Å². The largest absolute Gasteiger partial charge is 0.462 e. The third kappa shape index (κ3) is 20.0. The molecule has 0 spiro atoms. The van der Waals surface area contributed by atoms with E-state index in [1.807, 2.05) is 0 Å². The van der Waals surface area contributed by atoms with Crippen LogP contribution < -0.4 is 0 Å². The van der Waals surface area contributed by atoms with E-state index in [2.05, 4.69) is 20.8 Å². The van der Waals surface area contributed by atoms with Crippen LogP contribution in [0.5, 0.6) is 0 Å². The lowest BCUT2D eigenvalue weighted by atomic mass is 10.0. The number of carbonyl (C=O) groups is 1. The molecule has 0 aromatic heterocycles. The van der Waals surface area contributed by atoms with Crippen LogP contribution in [0.4, 0.5) is 0 Å². The molecule has 0 aliphatic heterocycles. The first-order valence-electron chi connectivity index (χ1n) is 12.4. The van der Waals surface area contributed by atoms with Crippen LogP contribution in [0.25, 0.3) is 0 Å². The van der Waals surface area contributed by atoms with Crippen molar-refractivity contribution in [2.75, 3.05) is 0 Å². The van der Waals surface area contributed by atoms with Gasteiger partial charge in [-0.3, -0.25) is 4.79 Å². The summed E-state index contributed by atoms with van der Waals surface area (Å²) in [6.07, 6.45) is 25.2. The smallest absolute Gasteiger partial charge is 0.306 e. The highest BCUT2D eigenvalue weighted by molar-refractivity contribution is 5.69. The molecule has 0 rings (SSSR count). The summed E-state index contributed by atoms with van der Waals surface area (Å²) >= 11 is 0. The molecule has 0 aromatic carbocycles. The molecular formula is C25H50O2. The van der Waals surface area contributed by atoms with Crippen LogP contribution in [-0.2, 0) is 9.53 Å². The Hall–Kier alpha value is -0.530. The maximum Gasteiger partial charge on any atom is 0.306 e. The molecule has 0 bridgehead atoms. The molecular weight excluding hydrogens is 332 g/mol. The number of unbranched alkanes of at least 4 members (excludes halogenated alkanes) is 15. The van der Waals surface area contributed by atoms with Crippen LogP contribution in [-0.4, -0.2) is 12.1 Å². The van der Waals surface area contributed by atoms with Gasteiger partial charge in [0.1, 0.15) is 6.10 Å². The molecule has 2 nitrogen and oxygen atoms in total. The molecule has 0 aromatic rings.